The maximum absolute atomic E-state index is 13.7. The topological polar surface area (TPSA) is 96.0 Å². The number of amides is 2. The molecule has 1 N–H and O–H groups in total. The largest absolute Gasteiger partial charge is 0.497 e. The lowest BCUT2D eigenvalue weighted by Gasteiger charge is -2.33. The fourth-order valence-electron chi connectivity index (χ4n) is 3.58. The van der Waals surface area contributed by atoms with Gasteiger partial charge in [-0.25, -0.2) is 8.42 Å². The maximum atomic E-state index is 13.7. The van der Waals surface area contributed by atoms with E-state index in [-0.39, 0.29) is 24.1 Å². The molecule has 2 aromatic rings. The molecule has 0 spiro atoms. The third-order valence-corrected chi connectivity index (χ3v) is 7.33. The number of sulfonamides is 1. The summed E-state index contributed by atoms with van der Waals surface area (Å²) in [4.78, 5) is 28.2. The highest BCUT2D eigenvalue weighted by molar-refractivity contribution is 7.92. The van der Waals surface area contributed by atoms with Crippen LogP contribution in [0, 0.1) is 5.92 Å². The third-order valence-electron chi connectivity index (χ3n) is 5.48. The van der Waals surface area contributed by atoms with Gasteiger partial charge < -0.3 is 15.0 Å². The van der Waals surface area contributed by atoms with E-state index < -0.39 is 28.5 Å². The molecule has 0 bridgehead atoms. The zero-order chi connectivity index (χ0) is 27.0. The van der Waals surface area contributed by atoms with Crippen molar-refractivity contribution in [1.29, 1.82) is 0 Å². The standard InChI is InChI=1S/C25H33Cl2N3O5S/c1-6-23(25(32)28-14-17(2)3)29(15-20-21(26)11-8-12-22(20)27)24(31)16-30(36(5,33)34)18-9-7-10-19(13-18)35-4/h7-13,17,23H,6,14-16H2,1-5H3,(H,28,32)/t23-/m0/s1. The van der Waals surface area contributed by atoms with Gasteiger partial charge in [-0.2, -0.15) is 0 Å². The van der Waals surface area contributed by atoms with Gasteiger partial charge in [-0.1, -0.05) is 56.1 Å². The molecule has 0 aliphatic rings. The second kappa shape index (κ2) is 13.2. The van der Waals surface area contributed by atoms with Gasteiger partial charge in [0.25, 0.3) is 0 Å². The van der Waals surface area contributed by atoms with Crippen LogP contribution in [0.1, 0.15) is 32.8 Å². The summed E-state index contributed by atoms with van der Waals surface area (Å²) in [6, 6.07) is 10.5. The Balaban J connectivity index is 2.49. The second-order valence-corrected chi connectivity index (χ2v) is 11.5. The Bertz CT molecular complexity index is 1150. The van der Waals surface area contributed by atoms with Crippen LogP contribution >= 0.6 is 23.2 Å². The van der Waals surface area contributed by atoms with Crippen LogP contribution < -0.4 is 14.4 Å². The first-order valence-corrected chi connectivity index (χ1v) is 14.1. The van der Waals surface area contributed by atoms with Gasteiger partial charge in [-0.3, -0.25) is 13.9 Å². The lowest BCUT2D eigenvalue weighted by Crippen LogP contribution is -2.52. The van der Waals surface area contributed by atoms with Gasteiger partial charge >= 0.3 is 0 Å². The van der Waals surface area contributed by atoms with E-state index in [9.17, 15) is 18.0 Å². The first kappa shape index (κ1) is 29.7. The highest BCUT2D eigenvalue weighted by Gasteiger charge is 2.32. The molecule has 0 radical (unpaired) electrons. The molecule has 2 rings (SSSR count). The number of hydrogen-bond acceptors (Lipinski definition) is 5. The minimum atomic E-state index is -3.86. The van der Waals surface area contributed by atoms with E-state index in [1.165, 1.54) is 18.1 Å². The van der Waals surface area contributed by atoms with E-state index in [2.05, 4.69) is 5.32 Å². The summed E-state index contributed by atoms with van der Waals surface area (Å²) in [5, 5.41) is 3.54. The van der Waals surface area contributed by atoms with Gasteiger partial charge in [0.1, 0.15) is 18.3 Å². The minimum absolute atomic E-state index is 0.0688. The number of halogens is 2. The number of anilines is 1. The molecule has 0 fully saturated rings. The lowest BCUT2D eigenvalue weighted by molar-refractivity contribution is -0.140. The van der Waals surface area contributed by atoms with E-state index in [0.717, 1.165) is 10.6 Å². The monoisotopic (exact) mass is 557 g/mol. The zero-order valence-corrected chi connectivity index (χ0v) is 23.5. The number of methoxy groups -OCH3 is 1. The van der Waals surface area contributed by atoms with Crippen LogP contribution in [0.5, 0.6) is 5.75 Å². The smallest absolute Gasteiger partial charge is 0.244 e. The molecule has 0 saturated heterocycles. The number of nitrogens with zero attached hydrogens (tertiary/aromatic N) is 2. The fourth-order valence-corrected chi connectivity index (χ4v) is 4.93. The van der Waals surface area contributed by atoms with Crippen LogP contribution in [0.3, 0.4) is 0 Å². The number of ether oxygens (including phenoxy) is 1. The molecule has 198 valence electrons. The Morgan fingerprint density at radius 3 is 2.22 bits per heavy atom. The van der Waals surface area contributed by atoms with Gasteiger partial charge in [0, 0.05) is 34.8 Å². The summed E-state index contributed by atoms with van der Waals surface area (Å²) in [7, 11) is -2.39. The Morgan fingerprint density at radius 1 is 1.08 bits per heavy atom. The molecular weight excluding hydrogens is 525 g/mol. The fraction of sp³-hybridized carbons (Fsp3) is 0.440. The van der Waals surface area contributed by atoms with Crippen LogP contribution in [0.25, 0.3) is 0 Å². The van der Waals surface area contributed by atoms with E-state index in [1.807, 2.05) is 13.8 Å². The van der Waals surface area contributed by atoms with Crippen molar-refractivity contribution in [3.63, 3.8) is 0 Å². The molecule has 36 heavy (non-hydrogen) atoms. The number of carbonyl (C=O) groups is 2. The van der Waals surface area contributed by atoms with Crippen molar-refractivity contribution < 1.29 is 22.7 Å². The summed E-state index contributed by atoms with van der Waals surface area (Å²) in [5.41, 5.74) is 0.731. The highest BCUT2D eigenvalue weighted by Crippen LogP contribution is 2.28. The number of carbonyl (C=O) groups excluding carboxylic acids is 2. The molecule has 8 nitrogen and oxygen atoms in total. The van der Waals surface area contributed by atoms with Crippen LogP contribution in [0.2, 0.25) is 10.0 Å². The number of nitrogens with one attached hydrogen (secondary N) is 1. The van der Waals surface area contributed by atoms with Gasteiger partial charge in [-0.05, 0) is 36.6 Å². The highest BCUT2D eigenvalue weighted by atomic mass is 35.5. The molecule has 0 heterocycles. The molecule has 0 aliphatic heterocycles. The summed E-state index contributed by atoms with van der Waals surface area (Å²) >= 11 is 12.7. The van der Waals surface area contributed by atoms with Crippen LogP contribution in [-0.4, -0.2) is 57.6 Å². The maximum Gasteiger partial charge on any atom is 0.244 e. The molecule has 0 saturated carbocycles. The average molecular weight is 559 g/mol. The predicted molar refractivity (Wildman–Crippen MR) is 144 cm³/mol. The molecule has 0 unspecified atom stereocenters. The van der Waals surface area contributed by atoms with Gasteiger partial charge in [-0.15, -0.1) is 0 Å². The Labute approximate surface area is 223 Å². The predicted octanol–water partition coefficient (Wildman–Crippen LogP) is 4.35. The molecule has 0 aliphatic carbocycles. The van der Waals surface area contributed by atoms with Crippen molar-refractivity contribution in [3.05, 3.63) is 58.1 Å². The van der Waals surface area contributed by atoms with E-state index in [1.54, 1.807) is 43.3 Å². The van der Waals surface area contributed by atoms with Crippen LogP contribution in [-0.2, 0) is 26.2 Å². The number of benzene rings is 2. The Hall–Kier alpha value is -2.49. The molecular formula is C25H33Cl2N3O5S. The van der Waals surface area contributed by atoms with E-state index >= 15 is 0 Å². The lowest BCUT2D eigenvalue weighted by atomic mass is 10.1. The molecule has 2 amide bonds. The Morgan fingerprint density at radius 2 is 1.69 bits per heavy atom. The van der Waals surface area contributed by atoms with Crippen molar-refractivity contribution in [3.8, 4) is 5.75 Å². The number of rotatable bonds is 12. The van der Waals surface area contributed by atoms with Crippen molar-refractivity contribution in [2.45, 2.75) is 39.8 Å². The van der Waals surface area contributed by atoms with Gasteiger partial charge in [0.2, 0.25) is 21.8 Å². The average Bonchev–Trinajstić information content (AvgIpc) is 2.81. The second-order valence-electron chi connectivity index (χ2n) is 8.76. The van der Waals surface area contributed by atoms with Gasteiger partial charge in [0.05, 0.1) is 19.1 Å². The summed E-state index contributed by atoms with van der Waals surface area (Å²) in [6.07, 6.45) is 1.32. The van der Waals surface area contributed by atoms with Crippen molar-refractivity contribution >= 4 is 50.7 Å². The van der Waals surface area contributed by atoms with Crippen molar-refractivity contribution in [2.24, 2.45) is 5.92 Å². The molecule has 0 aromatic heterocycles. The third kappa shape index (κ3) is 8.01. The zero-order valence-electron chi connectivity index (χ0n) is 21.1. The SMILES string of the molecule is CC[C@@H](C(=O)NCC(C)C)N(Cc1c(Cl)cccc1Cl)C(=O)CN(c1cccc(OC)c1)S(C)(=O)=O. The van der Waals surface area contributed by atoms with Gasteiger partial charge in [0.15, 0.2) is 0 Å². The van der Waals surface area contributed by atoms with Crippen molar-refractivity contribution in [2.75, 3.05) is 30.8 Å². The van der Waals surface area contributed by atoms with Crippen molar-refractivity contribution in [1.82, 2.24) is 10.2 Å². The summed E-state index contributed by atoms with van der Waals surface area (Å²) < 4.78 is 31.6. The quantitative estimate of drug-likeness (QED) is 0.418. The molecule has 1 atom stereocenters. The minimum Gasteiger partial charge on any atom is -0.497 e. The Kier molecular flexibility index (Phi) is 10.9. The normalized spacial score (nSPS) is 12.2. The molecule has 2 aromatic carbocycles. The number of hydrogen-bond donors (Lipinski definition) is 1. The first-order valence-electron chi connectivity index (χ1n) is 11.5. The van der Waals surface area contributed by atoms with E-state index in [4.69, 9.17) is 27.9 Å². The van der Waals surface area contributed by atoms with E-state index in [0.29, 0.717) is 34.3 Å². The molecule has 11 heteroatoms. The summed E-state index contributed by atoms with van der Waals surface area (Å²) in [6.45, 7) is 5.55. The first-order chi connectivity index (χ1) is 16.9. The summed E-state index contributed by atoms with van der Waals surface area (Å²) in [5.74, 6) is -0.268. The van der Waals surface area contributed by atoms with Crippen LogP contribution in [0.15, 0.2) is 42.5 Å². The van der Waals surface area contributed by atoms with Crippen LogP contribution in [0.4, 0.5) is 5.69 Å².